The predicted octanol–water partition coefficient (Wildman–Crippen LogP) is 4.35. The van der Waals surface area contributed by atoms with Crippen LogP contribution in [0.15, 0.2) is 46.9 Å². The number of amides is 1. The lowest BCUT2D eigenvalue weighted by Crippen LogP contribution is -2.30. The van der Waals surface area contributed by atoms with Crippen molar-refractivity contribution in [2.24, 2.45) is 0 Å². The molecule has 2 nitrogen and oxygen atoms in total. The van der Waals surface area contributed by atoms with Crippen molar-refractivity contribution < 1.29 is 4.79 Å². The van der Waals surface area contributed by atoms with E-state index in [0.717, 1.165) is 35.0 Å². The highest BCUT2D eigenvalue weighted by Crippen LogP contribution is 2.24. The highest BCUT2D eigenvalue weighted by Gasteiger charge is 2.21. The summed E-state index contributed by atoms with van der Waals surface area (Å²) in [5, 5.41) is 0. The third kappa shape index (κ3) is 3.03. The number of nitrogens with zero attached hydrogens (tertiary/aromatic N) is 1. The summed E-state index contributed by atoms with van der Waals surface area (Å²) >= 11 is 3.52. The summed E-state index contributed by atoms with van der Waals surface area (Å²) in [6.45, 7) is 3.55. The van der Waals surface area contributed by atoms with E-state index < -0.39 is 0 Å². The molecule has 2 aromatic rings. The van der Waals surface area contributed by atoms with Gasteiger partial charge in [-0.05, 0) is 64.5 Å². The minimum Gasteiger partial charge on any atom is -0.334 e. The molecule has 1 amide bonds. The molecule has 0 bridgehead atoms. The minimum atomic E-state index is 0.110. The molecule has 0 radical (unpaired) electrons. The molecule has 0 spiro atoms. The summed E-state index contributed by atoms with van der Waals surface area (Å²) in [4.78, 5) is 14.7. The van der Waals surface area contributed by atoms with Crippen LogP contribution in [0.1, 0.15) is 33.5 Å². The lowest BCUT2D eigenvalue weighted by Gasteiger charge is -2.21. The van der Waals surface area contributed by atoms with E-state index in [1.54, 1.807) is 0 Å². The van der Waals surface area contributed by atoms with E-state index in [9.17, 15) is 4.79 Å². The first kappa shape index (κ1) is 14.3. The van der Waals surface area contributed by atoms with Crippen molar-refractivity contribution in [2.75, 3.05) is 6.54 Å². The van der Waals surface area contributed by atoms with Gasteiger partial charge in [0.25, 0.3) is 5.91 Å². The van der Waals surface area contributed by atoms with Gasteiger partial charge in [0.05, 0.1) is 5.56 Å². The molecule has 1 aliphatic heterocycles. The van der Waals surface area contributed by atoms with Crippen molar-refractivity contribution >= 4 is 21.8 Å². The van der Waals surface area contributed by atoms with Crippen molar-refractivity contribution in [2.45, 2.75) is 26.3 Å². The number of aryl methyl sites for hydroxylation is 2. The second-order valence-corrected chi connectivity index (χ2v) is 6.44. The van der Waals surface area contributed by atoms with Gasteiger partial charge in [0.2, 0.25) is 0 Å². The Labute approximate surface area is 133 Å². The van der Waals surface area contributed by atoms with Crippen LogP contribution in [0, 0.1) is 6.92 Å². The maximum atomic E-state index is 12.8. The quantitative estimate of drug-likeness (QED) is 0.753. The van der Waals surface area contributed by atoms with E-state index in [0.29, 0.717) is 6.54 Å². The third-order valence-corrected chi connectivity index (χ3v) is 4.65. The second-order valence-electron chi connectivity index (χ2n) is 5.58. The molecule has 108 valence electrons. The lowest BCUT2D eigenvalue weighted by molar-refractivity contribution is 0.0745. The number of hydrogen-bond acceptors (Lipinski definition) is 1. The Morgan fingerprint density at radius 3 is 2.67 bits per heavy atom. The first-order valence-corrected chi connectivity index (χ1v) is 8.06. The lowest BCUT2D eigenvalue weighted by atomic mass is 10.0. The van der Waals surface area contributed by atoms with Gasteiger partial charge in [-0.3, -0.25) is 4.79 Å². The molecule has 0 aliphatic carbocycles. The van der Waals surface area contributed by atoms with Crippen molar-refractivity contribution in [1.82, 2.24) is 4.90 Å². The van der Waals surface area contributed by atoms with Crippen molar-refractivity contribution in [3.63, 3.8) is 0 Å². The van der Waals surface area contributed by atoms with Gasteiger partial charge in [-0.2, -0.15) is 0 Å². The molecule has 1 aliphatic rings. The average Bonchev–Trinajstić information content (AvgIpc) is 2.68. The third-order valence-electron chi connectivity index (χ3n) is 4.00. The molecule has 21 heavy (non-hydrogen) atoms. The van der Waals surface area contributed by atoms with E-state index >= 15 is 0 Å². The molecule has 0 aromatic heterocycles. The monoisotopic (exact) mass is 343 g/mol. The topological polar surface area (TPSA) is 20.3 Å². The number of carbonyl (C=O) groups excluding carboxylic acids is 1. The van der Waals surface area contributed by atoms with Crippen LogP contribution in [-0.4, -0.2) is 17.4 Å². The zero-order valence-electron chi connectivity index (χ0n) is 12.1. The first-order valence-electron chi connectivity index (χ1n) is 7.27. The molecular weight excluding hydrogens is 326 g/mol. The first-order chi connectivity index (χ1) is 10.1. The number of halogens is 1. The smallest absolute Gasteiger partial charge is 0.255 e. The van der Waals surface area contributed by atoms with Gasteiger partial charge in [-0.15, -0.1) is 0 Å². The Hall–Kier alpha value is -1.61. The molecule has 0 atom stereocenters. The summed E-state index contributed by atoms with van der Waals surface area (Å²) in [5.74, 6) is 0.110. The highest BCUT2D eigenvalue weighted by atomic mass is 79.9. The molecule has 0 unspecified atom stereocenters. The maximum absolute atomic E-state index is 12.8. The molecule has 0 saturated heterocycles. The van der Waals surface area contributed by atoms with Crippen LogP contribution in [0.3, 0.4) is 0 Å². The van der Waals surface area contributed by atoms with E-state index in [1.807, 2.05) is 30.0 Å². The number of hydrogen-bond donors (Lipinski definition) is 0. The normalized spacial score (nSPS) is 14.5. The Morgan fingerprint density at radius 1 is 1.14 bits per heavy atom. The van der Waals surface area contributed by atoms with Crippen LogP contribution in [0.5, 0.6) is 0 Å². The Kier molecular flexibility index (Phi) is 4.11. The summed E-state index contributed by atoms with van der Waals surface area (Å²) in [6, 6.07) is 14.3. The van der Waals surface area contributed by atoms with Crippen LogP contribution in [0.4, 0.5) is 0 Å². The van der Waals surface area contributed by atoms with Crippen molar-refractivity contribution in [3.8, 4) is 0 Å². The second kappa shape index (κ2) is 6.02. The van der Waals surface area contributed by atoms with Crippen molar-refractivity contribution in [3.05, 3.63) is 69.2 Å². The summed E-state index contributed by atoms with van der Waals surface area (Å²) in [7, 11) is 0. The molecule has 3 heteroatoms. The predicted molar refractivity (Wildman–Crippen MR) is 88.4 cm³/mol. The van der Waals surface area contributed by atoms with Gasteiger partial charge in [-0.1, -0.05) is 30.3 Å². The van der Waals surface area contributed by atoms with Crippen molar-refractivity contribution in [1.29, 1.82) is 0 Å². The standard InChI is InChI=1S/C18H18BrNO/c1-13-8-9-16(17(19)11-13)18(21)20-10-4-7-14-5-2-3-6-15(14)12-20/h2-3,5-6,8-9,11H,4,7,10,12H2,1H3. The van der Waals surface area contributed by atoms with Gasteiger partial charge in [0.1, 0.15) is 0 Å². The van der Waals surface area contributed by atoms with Gasteiger partial charge in [0.15, 0.2) is 0 Å². The van der Waals surface area contributed by atoms with Crippen LogP contribution >= 0.6 is 15.9 Å². The SMILES string of the molecule is Cc1ccc(C(=O)N2CCCc3ccccc3C2)c(Br)c1. The van der Waals surface area contributed by atoms with Gasteiger partial charge >= 0.3 is 0 Å². The fourth-order valence-electron chi connectivity index (χ4n) is 2.84. The fraction of sp³-hybridized carbons (Fsp3) is 0.278. The van der Waals surface area contributed by atoms with Gasteiger partial charge in [0, 0.05) is 17.6 Å². The molecule has 3 rings (SSSR count). The maximum Gasteiger partial charge on any atom is 0.255 e. The Morgan fingerprint density at radius 2 is 1.90 bits per heavy atom. The number of carbonyl (C=O) groups is 1. The van der Waals surface area contributed by atoms with Crippen LogP contribution in [-0.2, 0) is 13.0 Å². The largest absolute Gasteiger partial charge is 0.334 e. The van der Waals surface area contributed by atoms with E-state index in [2.05, 4.69) is 40.2 Å². The summed E-state index contributed by atoms with van der Waals surface area (Å²) in [6.07, 6.45) is 2.07. The summed E-state index contributed by atoms with van der Waals surface area (Å²) < 4.78 is 0.880. The fourth-order valence-corrected chi connectivity index (χ4v) is 3.50. The number of benzene rings is 2. The minimum absolute atomic E-state index is 0.110. The summed E-state index contributed by atoms with van der Waals surface area (Å²) in [5.41, 5.74) is 4.54. The molecule has 0 saturated carbocycles. The molecule has 2 aromatic carbocycles. The zero-order valence-corrected chi connectivity index (χ0v) is 13.7. The average molecular weight is 344 g/mol. The van der Waals surface area contributed by atoms with Crippen LogP contribution < -0.4 is 0 Å². The van der Waals surface area contributed by atoms with E-state index in [1.165, 1.54) is 11.1 Å². The molecule has 0 N–H and O–H groups in total. The zero-order chi connectivity index (χ0) is 14.8. The van der Waals surface area contributed by atoms with Gasteiger partial charge < -0.3 is 4.90 Å². The highest BCUT2D eigenvalue weighted by molar-refractivity contribution is 9.10. The van der Waals surface area contributed by atoms with Crippen LogP contribution in [0.25, 0.3) is 0 Å². The van der Waals surface area contributed by atoms with Crippen LogP contribution in [0.2, 0.25) is 0 Å². The molecule has 1 heterocycles. The molecule has 0 fully saturated rings. The van der Waals surface area contributed by atoms with E-state index in [4.69, 9.17) is 0 Å². The Bertz CT molecular complexity index is 681. The number of rotatable bonds is 1. The number of fused-ring (bicyclic) bond motifs is 1. The molecular formula is C18H18BrNO. The van der Waals surface area contributed by atoms with Gasteiger partial charge in [-0.25, -0.2) is 0 Å². The Balaban J connectivity index is 1.88. The van der Waals surface area contributed by atoms with E-state index in [-0.39, 0.29) is 5.91 Å².